The number of nitrogens with two attached hydrogens (primary N) is 1. The number of alkyl halides is 3. The number of hydrogen-bond donors (Lipinski definition) is 3. The van der Waals surface area contributed by atoms with Gasteiger partial charge in [-0.25, -0.2) is 4.98 Å². The topological polar surface area (TPSA) is 71.2 Å². The number of phenols is 1. The standard InChI is InChI=1S/C12H8Cl2F3N3O/c13-7-2-6(3-8(14)10(7)21)20-11-9(18)1-5(4-19-11)12(15,16)17/h1-4,21H,18H2,(H,19,20). The molecule has 112 valence electrons. The number of aromatic nitrogens is 1. The zero-order valence-electron chi connectivity index (χ0n) is 10.2. The van der Waals surface area contributed by atoms with Gasteiger partial charge in [0.05, 0.1) is 21.3 Å². The van der Waals surface area contributed by atoms with Crippen LogP contribution in [0.4, 0.5) is 30.4 Å². The molecule has 2 rings (SSSR count). The number of halogens is 5. The average molecular weight is 338 g/mol. The van der Waals surface area contributed by atoms with Gasteiger partial charge in [0.25, 0.3) is 0 Å². The molecule has 0 aliphatic carbocycles. The number of nitrogens with one attached hydrogen (secondary N) is 1. The van der Waals surface area contributed by atoms with E-state index in [1.54, 1.807) is 0 Å². The second-order valence-corrected chi connectivity index (χ2v) is 4.89. The molecule has 1 aromatic carbocycles. The number of aromatic hydroxyl groups is 1. The van der Waals surface area contributed by atoms with Gasteiger partial charge in [-0.15, -0.1) is 0 Å². The van der Waals surface area contributed by atoms with E-state index in [4.69, 9.17) is 28.9 Å². The summed E-state index contributed by atoms with van der Waals surface area (Å²) in [5.74, 6) is -0.280. The van der Waals surface area contributed by atoms with Crippen molar-refractivity contribution < 1.29 is 18.3 Å². The summed E-state index contributed by atoms with van der Waals surface area (Å²) in [6.07, 6.45) is -3.87. The molecule has 0 unspecified atom stereocenters. The molecule has 0 saturated carbocycles. The van der Waals surface area contributed by atoms with Crippen molar-refractivity contribution >= 4 is 40.4 Å². The largest absolute Gasteiger partial charge is 0.505 e. The van der Waals surface area contributed by atoms with Gasteiger partial charge >= 0.3 is 6.18 Å². The Balaban J connectivity index is 2.32. The Morgan fingerprint density at radius 2 is 1.71 bits per heavy atom. The predicted octanol–water partition coefficient (Wildman–Crippen LogP) is 4.44. The first-order chi connectivity index (χ1) is 9.68. The lowest BCUT2D eigenvalue weighted by Gasteiger charge is -2.12. The quantitative estimate of drug-likeness (QED) is 0.708. The highest BCUT2D eigenvalue weighted by Gasteiger charge is 2.31. The molecular weight excluding hydrogens is 330 g/mol. The van der Waals surface area contributed by atoms with Crippen molar-refractivity contribution in [2.75, 3.05) is 11.1 Å². The molecule has 1 aromatic heterocycles. The predicted molar refractivity (Wildman–Crippen MR) is 75.1 cm³/mol. The van der Waals surface area contributed by atoms with E-state index >= 15 is 0 Å². The Kier molecular flexibility index (Phi) is 4.06. The first-order valence-corrected chi connectivity index (χ1v) is 6.22. The van der Waals surface area contributed by atoms with Crippen LogP contribution < -0.4 is 11.1 Å². The molecule has 0 atom stereocenters. The van der Waals surface area contributed by atoms with Gasteiger partial charge in [0.2, 0.25) is 0 Å². The minimum absolute atomic E-state index is 0.0147. The van der Waals surface area contributed by atoms with E-state index in [1.807, 2.05) is 0 Å². The molecule has 21 heavy (non-hydrogen) atoms. The fourth-order valence-corrected chi connectivity index (χ4v) is 2.00. The van der Waals surface area contributed by atoms with Gasteiger partial charge in [-0.2, -0.15) is 13.2 Å². The lowest BCUT2D eigenvalue weighted by atomic mass is 10.2. The van der Waals surface area contributed by atoms with Crippen LogP contribution in [0.25, 0.3) is 0 Å². The maximum atomic E-state index is 12.5. The summed E-state index contributed by atoms with van der Waals surface area (Å²) >= 11 is 11.5. The Labute approximate surface area is 127 Å². The second-order valence-electron chi connectivity index (χ2n) is 4.07. The highest BCUT2D eigenvalue weighted by molar-refractivity contribution is 6.37. The molecule has 0 aliphatic heterocycles. The molecule has 0 bridgehead atoms. The van der Waals surface area contributed by atoms with Gasteiger partial charge in [-0.05, 0) is 18.2 Å². The summed E-state index contributed by atoms with van der Waals surface area (Å²) in [5.41, 5.74) is 4.71. The fourth-order valence-electron chi connectivity index (χ4n) is 1.52. The van der Waals surface area contributed by atoms with Gasteiger partial charge in [-0.3, -0.25) is 0 Å². The van der Waals surface area contributed by atoms with Crippen LogP contribution >= 0.6 is 23.2 Å². The Hall–Kier alpha value is -1.86. The van der Waals surface area contributed by atoms with Crippen molar-refractivity contribution in [3.63, 3.8) is 0 Å². The summed E-state index contributed by atoms with van der Waals surface area (Å²) in [6.45, 7) is 0. The first kappa shape index (κ1) is 15.5. The Morgan fingerprint density at radius 1 is 1.14 bits per heavy atom. The Morgan fingerprint density at radius 3 is 2.19 bits per heavy atom. The number of nitrogen functional groups attached to an aromatic ring is 1. The first-order valence-electron chi connectivity index (χ1n) is 5.46. The van der Waals surface area contributed by atoms with Crippen LogP contribution in [-0.2, 0) is 6.18 Å². The van der Waals surface area contributed by atoms with E-state index in [0.717, 1.165) is 6.07 Å². The number of pyridine rings is 1. The lowest BCUT2D eigenvalue weighted by molar-refractivity contribution is -0.137. The summed E-state index contributed by atoms with van der Waals surface area (Å²) < 4.78 is 37.5. The van der Waals surface area contributed by atoms with Gasteiger partial charge in [-0.1, -0.05) is 23.2 Å². The fraction of sp³-hybridized carbons (Fsp3) is 0.0833. The molecule has 0 spiro atoms. The molecule has 0 amide bonds. The molecule has 0 fully saturated rings. The highest BCUT2D eigenvalue weighted by atomic mass is 35.5. The maximum Gasteiger partial charge on any atom is 0.417 e. The minimum Gasteiger partial charge on any atom is -0.505 e. The zero-order chi connectivity index (χ0) is 15.8. The van der Waals surface area contributed by atoms with Crippen molar-refractivity contribution in [2.24, 2.45) is 0 Å². The van der Waals surface area contributed by atoms with Crippen LogP contribution in [-0.4, -0.2) is 10.1 Å². The number of rotatable bonds is 2. The van der Waals surface area contributed by atoms with Crippen molar-refractivity contribution in [1.82, 2.24) is 4.98 Å². The van der Waals surface area contributed by atoms with Crippen LogP contribution in [0.15, 0.2) is 24.4 Å². The van der Waals surface area contributed by atoms with Crippen molar-refractivity contribution in [3.05, 3.63) is 40.0 Å². The molecular formula is C12H8Cl2F3N3O. The van der Waals surface area contributed by atoms with Crippen LogP contribution in [0, 0.1) is 0 Å². The van der Waals surface area contributed by atoms with Crippen LogP contribution in [0.5, 0.6) is 5.75 Å². The van der Waals surface area contributed by atoms with Crippen molar-refractivity contribution in [1.29, 1.82) is 0 Å². The van der Waals surface area contributed by atoms with Gasteiger partial charge < -0.3 is 16.2 Å². The summed E-state index contributed by atoms with van der Waals surface area (Å²) in [5, 5.41) is 12.1. The minimum atomic E-state index is -4.52. The zero-order valence-corrected chi connectivity index (χ0v) is 11.7. The molecule has 0 aliphatic rings. The monoisotopic (exact) mass is 337 g/mol. The molecule has 1 heterocycles. The van der Waals surface area contributed by atoms with Crippen LogP contribution in [0.1, 0.15) is 5.56 Å². The van der Waals surface area contributed by atoms with E-state index < -0.39 is 11.7 Å². The summed E-state index contributed by atoms with van der Waals surface area (Å²) in [4.78, 5) is 3.62. The van der Waals surface area contributed by atoms with E-state index in [-0.39, 0.29) is 27.3 Å². The maximum absolute atomic E-state index is 12.5. The molecule has 4 N–H and O–H groups in total. The average Bonchev–Trinajstić information content (AvgIpc) is 2.37. The number of hydrogen-bond acceptors (Lipinski definition) is 4. The smallest absolute Gasteiger partial charge is 0.417 e. The molecule has 4 nitrogen and oxygen atoms in total. The number of phenolic OH excluding ortho intramolecular Hbond substituents is 1. The summed E-state index contributed by atoms with van der Waals surface area (Å²) in [7, 11) is 0. The van der Waals surface area contributed by atoms with Gasteiger partial charge in [0.15, 0.2) is 11.6 Å². The molecule has 0 saturated heterocycles. The lowest BCUT2D eigenvalue weighted by Crippen LogP contribution is -2.08. The van der Waals surface area contributed by atoms with Crippen molar-refractivity contribution in [3.8, 4) is 5.75 Å². The third kappa shape index (κ3) is 3.43. The van der Waals surface area contributed by atoms with E-state index in [2.05, 4.69) is 10.3 Å². The van der Waals surface area contributed by atoms with Crippen molar-refractivity contribution in [2.45, 2.75) is 6.18 Å². The van der Waals surface area contributed by atoms with Crippen LogP contribution in [0.3, 0.4) is 0 Å². The third-order valence-corrected chi connectivity index (χ3v) is 3.10. The normalized spacial score (nSPS) is 11.5. The number of nitrogens with zero attached hydrogens (tertiary/aromatic N) is 1. The summed E-state index contributed by atoms with van der Waals surface area (Å²) in [6, 6.07) is 3.43. The van der Waals surface area contributed by atoms with Gasteiger partial charge in [0.1, 0.15) is 0 Å². The van der Waals surface area contributed by atoms with Crippen LogP contribution in [0.2, 0.25) is 10.0 Å². The third-order valence-electron chi connectivity index (χ3n) is 2.52. The van der Waals surface area contributed by atoms with E-state index in [1.165, 1.54) is 12.1 Å². The SMILES string of the molecule is Nc1cc(C(F)(F)F)cnc1Nc1cc(Cl)c(O)c(Cl)c1. The molecule has 9 heteroatoms. The Bertz CT molecular complexity index is 669. The van der Waals surface area contributed by atoms with E-state index in [0.29, 0.717) is 11.9 Å². The van der Waals surface area contributed by atoms with E-state index in [9.17, 15) is 18.3 Å². The van der Waals surface area contributed by atoms with Gasteiger partial charge in [0, 0.05) is 11.9 Å². The highest BCUT2D eigenvalue weighted by Crippen LogP contribution is 2.37. The molecule has 0 radical (unpaired) electrons. The molecule has 2 aromatic rings. The second kappa shape index (κ2) is 5.50. The number of benzene rings is 1. The number of anilines is 3.